The predicted molar refractivity (Wildman–Crippen MR) is 69.1 cm³/mol. The topological polar surface area (TPSA) is 52.6 Å². The zero-order chi connectivity index (χ0) is 12.8. The Bertz CT molecular complexity index is 236. The average Bonchev–Trinajstić information content (AvgIpc) is 2.26. The molecule has 0 aromatic carbocycles. The maximum Gasteiger partial charge on any atom is 0.320 e. The smallest absolute Gasteiger partial charge is 0.320 e. The lowest BCUT2D eigenvalue weighted by atomic mass is 9.90. The molecule has 2 N–H and O–H groups in total. The van der Waals surface area contributed by atoms with Crippen LogP contribution in [0.15, 0.2) is 0 Å². The van der Waals surface area contributed by atoms with Crippen molar-refractivity contribution in [2.75, 3.05) is 26.7 Å². The van der Waals surface area contributed by atoms with Crippen LogP contribution < -0.4 is 5.32 Å². The first kappa shape index (κ1) is 14.5. The van der Waals surface area contributed by atoms with Crippen molar-refractivity contribution < 1.29 is 9.90 Å². The number of aliphatic carboxylic acids is 1. The molecule has 1 heterocycles. The largest absolute Gasteiger partial charge is 0.480 e. The van der Waals surface area contributed by atoms with Gasteiger partial charge in [-0.1, -0.05) is 13.8 Å². The van der Waals surface area contributed by atoms with E-state index in [0.717, 1.165) is 38.3 Å². The van der Waals surface area contributed by atoms with Gasteiger partial charge < -0.3 is 15.3 Å². The molecule has 1 atom stereocenters. The van der Waals surface area contributed by atoms with Crippen LogP contribution in [0.2, 0.25) is 0 Å². The zero-order valence-corrected chi connectivity index (χ0v) is 11.3. The van der Waals surface area contributed by atoms with Crippen molar-refractivity contribution in [1.29, 1.82) is 0 Å². The molecule has 0 amide bonds. The van der Waals surface area contributed by atoms with Gasteiger partial charge in [0.25, 0.3) is 0 Å². The first-order valence-corrected chi connectivity index (χ1v) is 6.65. The van der Waals surface area contributed by atoms with Gasteiger partial charge >= 0.3 is 5.97 Å². The minimum atomic E-state index is -0.725. The maximum atomic E-state index is 10.9. The van der Waals surface area contributed by atoms with Crippen molar-refractivity contribution in [3.8, 4) is 0 Å². The van der Waals surface area contributed by atoms with Gasteiger partial charge in [-0.25, -0.2) is 0 Å². The Labute approximate surface area is 104 Å². The summed E-state index contributed by atoms with van der Waals surface area (Å²) < 4.78 is 0. The summed E-state index contributed by atoms with van der Waals surface area (Å²) in [5.74, 6) is 0.555. The molecule has 0 saturated carbocycles. The fraction of sp³-hybridized carbons (Fsp3) is 0.923. The number of carboxylic acid groups (broad SMARTS) is 1. The van der Waals surface area contributed by atoms with Gasteiger partial charge in [0.1, 0.15) is 6.04 Å². The average molecular weight is 242 g/mol. The van der Waals surface area contributed by atoms with Crippen LogP contribution in [-0.4, -0.2) is 48.7 Å². The van der Waals surface area contributed by atoms with Crippen LogP contribution >= 0.6 is 0 Å². The Hall–Kier alpha value is -0.610. The number of carbonyl (C=O) groups is 1. The van der Waals surface area contributed by atoms with Crippen LogP contribution in [0.4, 0.5) is 0 Å². The molecule has 1 saturated heterocycles. The van der Waals surface area contributed by atoms with Crippen molar-refractivity contribution >= 4 is 5.97 Å². The molecule has 0 bridgehead atoms. The number of likely N-dealkylation sites (tertiary alicyclic amines) is 1. The van der Waals surface area contributed by atoms with Crippen molar-refractivity contribution in [2.24, 2.45) is 11.8 Å². The minimum Gasteiger partial charge on any atom is -0.480 e. The van der Waals surface area contributed by atoms with Gasteiger partial charge in [0, 0.05) is 6.54 Å². The van der Waals surface area contributed by atoms with Gasteiger partial charge in [0.05, 0.1) is 0 Å². The molecule has 0 aromatic rings. The summed E-state index contributed by atoms with van der Waals surface area (Å²) in [7, 11) is 1.73. The van der Waals surface area contributed by atoms with Crippen LogP contribution in [0.1, 0.15) is 33.1 Å². The molecule has 0 radical (unpaired) electrons. The molecule has 1 rings (SSSR count). The zero-order valence-electron chi connectivity index (χ0n) is 11.3. The van der Waals surface area contributed by atoms with Gasteiger partial charge in [-0.05, 0) is 51.2 Å². The molecule has 1 aliphatic heterocycles. The molecule has 1 unspecified atom stereocenters. The molecule has 0 aliphatic carbocycles. The van der Waals surface area contributed by atoms with Crippen molar-refractivity contribution in [1.82, 2.24) is 10.2 Å². The molecule has 1 aliphatic rings. The van der Waals surface area contributed by atoms with Gasteiger partial charge in [-0.15, -0.1) is 0 Å². The molecule has 17 heavy (non-hydrogen) atoms. The summed E-state index contributed by atoms with van der Waals surface area (Å²) in [6.07, 6.45) is 3.04. The number of likely N-dealkylation sites (N-methyl/N-ethyl adjacent to an activating group) is 1. The number of piperidine rings is 1. The van der Waals surface area contributed by atoms with Crippen LogP contribution in [0.5, 0.6) is 0 Å². The highest BCUT2D eigenvalue weighted by molar-refractivity contribution is 5.73. The first-order chi connectivity index (χ1) is 8.02. The lowest BCUT2D eigenvalue weighted by Gasteiger charge is -2.33. The normalized spacial score (nSPS) is 20.7. The predicted octanol–water partition coefficient (Wildman–Crippen LogP) is 1.42. The van der Waals surface area contributed by atoms with Crippen molar-refractivity contribution in [2.45, 2.75) is 39.2 Å². The first-order valence-electron chi connectivity index (χ1n) is 6.65. The molecule has 4 nitrogen and oxygen atoms in total. The van der Waals surface area contributed by atoms with E-state index >= 15 is 0 Å². The quantitative estimate of drug-likeness (QED) is 0.739. The molecule has 100 valence electrons. The van der Waals surface area contributed by atoms with Gasteiger partial charge in [0.2, 0.25) is 0 Å². The lowest BCUT2D eigenvalue weighted by molar-refractivity contribution is -0.139. The summed E-state index contributed by atoms with van der Waals surface area (Å²) in [5.41, 5.74) is 0. The Morgan fingerprint density at radius 2 is 2.00 bits per heavy atom. The van der Waals surface area contributed by atoms with Gasteiger partial charge in [-0.3, -0.25) is 4.79 Å². The van der Waals surface area contributed by atoms with E-state index in [9.17, 15) is 4.79 Å². The summed E-state index contributed by atoms with van der Waals surface area (Å²) in [6, 6.07) is -0.378. The third-order valence-corrected chi connectivity index (χ3v) is 3.55. The van der Waals surface area contributed by atoms with Crippen LogP contribution in [0, 0.1) is 11.8 Å². The molecule has 1 fully saturated rings. The highest BCUT2D eigenvalue weighted by Gasteiger charge is 2.24. The Morgan fingerprint density at radius 3 is 2.41 bits per heavy atom. The van der Waals surface area contributed by atoms with Gasteiger partial charge in [0.15, 0.2) is 0 Å². The third kappa shape index (κ3) is 5.04. The fourth-order valence-corrected chi connectivity index (χ4v) is 2.60. The summed E-state index contributed by atoms with van der Waals surface area (Å²) in [4.78, 5) is 13.4. The highest BCUT2D eigenvalue weighted by atomic mass is 16.4. The van der Waals surface area contributed by atoms with Crippen LogP contribution in [0.3, 0.4) is 0 Å². The van der Waals surface area contributed by atoms with Crippen LogP contribution in [0.25, 0.3) is 0 Å². The standard InChI is InChI=1S/C13H26N2O2/c1-10(2)9-15-6-4-11(5-7-15)8-12(14-3)13(16)17/h10-12,14H,4-9H2,1-3H3,(H,16,17). The molecule has 0 aromatic heterocycles. The number of rotatable bonds is 6. The number of nitrogens with zero attached hydrogens (tertiary/aromatic N) is 1. The van der Waals surface area contributed by atoms with E-state index in [0.29, 0.717) is 5.92 Å². The Kier molecular flexibility index (Phi) is 5.92. The second-order valence-corrected chi connectivity index (χ2v) is 5.55. The second-order valence-electron chi connectivity index (χ2n) is 5.55. The lowest BCUT2D eigenvalue weighted by Crippen LogP contribution is -2.40. The minimum absolute atomic E-state index is 0.378. The molecular weight excluding hydrogens is 216 g/mol. The Balaban J connectivity index is 2.29. The van der Waals surface area contributed by atoms with E-state index in [1.807, 2.05) is 0 Å². The van der Waals surface area contributed by atoms with Crippen molar-refractivity contribution in [3.63, 3.8) is 0 Å². The van der Waals surface area contributed by atoms with E-state index in [1.165, 1.54) is 6.54 Å². The number of hydrogen-bond donors (Lipinski definition) is 2. The van der Waals surface area contributed by atoms with E-state index in [2.05, 4.69) is 24.1 Å². The third-order valence-electron chi connectivity index (χ3n) is 3.55. The summed E-state index contributed by atoms with van der Waals surface area (Å²) >= 11 is 0. The van der Waals surface area contributed by atoms with E-state index < -0.39 is 5.97 Å². The number of carboxylic acids is 1. The van der Waals surface area contributed by atoms with Gasteiger partial charge in [-0.2, -0.15) is 0 Å². The second kappa shape index (κ2) is 6.97. The van der Waals surface area contributed by atoms with Crippen molar-refractivity contribution in [3.05, 3.63) is 0 Å². The molecule has 4 heteroatoms. The highest BCUT2D eigenvalue weighted by Crippen LogP contribution is 2.22. The summed E-state index contributed by atoms with van der Waals surface area (Å²) in [5, 5.41) is 11.9. The molecule has 0 spiro atoms. The SMILES string of the molecule is CNC(CC1CCN(CC(C)C)CC1)C(=O)O. The monoisotopic (exact) mass is 242 g/mol. The van der Waals surface area contributed by atoms with E-state index in [4.69, 9.17) is 5.11 Å². The van der Waals surface area contributed by atoms with E-state index in [1.54, 1.807) is 7.05 Å². The van der Waals surface area contributed by atoms with E-state index in [-0.39, 0.29) is 6.04 Å². The molecular formula is C13H26N2O2. The summed E-state index contributed by atoms with van der Waals surface area (Å²) in [6.45, 7) is 7.90. The number of nitrogens with one attached hydrogen (secondary N) is 1. The fourth-order valence-electron chi connectivity index (χ4n) is 2.60. The maximum absolute atomic E-state index is 10.9. The van der Waals surface area contributed by atoms with Crippen LogP contribution in [-0.2, 0) is 4.79 Å². The Morgan fingerprint density at radius 1 is 1.41 bits per heavy atom. The number of hydrogen-bond acceptors (Lipinski definition) is 3.